The van der Waals surface area contributed by atoms with Gasteiger partial charge < -0.3 is 19.9 Å². The van der Waals surface area contributed by atoms with Gasteiger partial charge in [0, 0.05) is 61.7 Å². The van der Waals surface area contributed by atoms with Gasteiger partial charge >= 0.3 is 0 Å². The number of rotatable bonds is 2. The van der Waals surface area contributed by atoms with E-state index in [9.17, 15) is 0 Å². The first-order valence-electron chi connectivity index (χ1n) is 16.2. The number of nitrogens with zero attached hydrogens (tertiary/aromatic N) is 4. The molecule has 6 aromatic rings. The maximum absolute atomic E-state index is 5.11. The first-order chi connectivity index (χ1) is 24.1. The van der Waals surface area contributed by atoms with Crippen molar-refractivity contribution in [2.45, 2.75) is 6.42 Å². The maximum Gasteiger partial charge on any atom is 0.0694 e. The number of aromatic nitrogens is 8. The number of fused-ring (bicyclic) bond motifs is 16. The second-order valence-electron chi connectivity index (χ2n) is 12.5. The molecular weight excluding hydrogens is 605 g/mol. The summed E-state index contributed by atoms with van der Waals surface area (Å²) in [7, 11) is 0. The van der Waals surface area contributed by atoms with Crippen molar-refractivity contribution < 1.29 is 0 Å². The van der Waals surface area contributed by atoms with Crippen molar-refractivity contribution >= 4 is 92.7 Å². The molecule has 0 radical (unpaired) electrons. The van der Waals surface area contributed by atoms with Crippen molar-refractivity contribution in [1.82, 2.24) is 39.9 Å². The smallest absolute Gasteiger partial charge is 0.0694 e. The third kappa shape index (κ3) is 5.31. The molecule has 10 rings (SSSR count). The lowest BCUT2D eigenvalue weighted by Gasteiger charge is -2.07. The third-order valence-corrected chi connectivity index (χ3v) is 9.00. The molecule has 8 nitrogen and oxygen atoms in total. The molecule has 0 spiro atoms. The molecule has 232 valence electrons. The number of hydrogen-bond acceptors (Lipinski definition) is 4. The van der Waals surface area contributed by atoms with Gasteiger partial charge in [0.1, 0.15) is 0 Å². The van der Waals surface area contributed by atoms with Crippen LogP contribution in [0.2, 0.25) is 0 Å². The Kier molecular flexibility index (Phi) is 6.07. The van der Waals surface area contributed by atoms with Gasteiger partial charge in [0.05, 0.1) is 45.6 Å². The van der Waals surface area contributed by atoms with E-state index >= 15 is 0 Å². The quantitative estimate of drug-likeness (QED) is 0.152. The first kappa shape index (κ1) is 27.3. The summed E-state index contributed by atoms with van der Waals surface area (Å²) < 4.78 is 0. The summed E-state index contributed by atoms with van der Waals surface area (Å²) in [5, 5.41) is 0. The van der Waals surface area contributed by atoms with E-state index in [2.05, 4.69) is 153 Å². The highest BCUT2D eigenvalue weighted by atomic mass is 14.8. The number of H-pyrrole nitrogens is 4. The number of nitrogens with one attached hydrogen (secondary N) is 4. The van der Waals surface area contributed by atoms with Crippen LogP contribution < -0.4 is 0 Å². The van der Waals surface area contributed by atoms with Crippen molar-refractivity contribution in [2.24, 2.45) is 0 Å². The first-order valence-corrected chi connectivity index (χ1v) is 16.2. The molecule has 8 heteroatoms. The van der Waals surface area contributed by atoms with Gasteiger partial charge in [-0.2, -0.15) is 0 Å². The zero-order valence-electron chi connectivity index (χ0n) is 26.2. The summed E-state index contributed by atoms with van der Waals surface area (Å²) in [6.45, 7) is 0. The topological polar surface area (TPSA) is 115 Å². The second kappa shape index (κ2) is 10.9. The molecule has 4 aliphatic heterocycles. The standard InChI is InChI=1S/C41H28N8/c1-5-28-19-32-9-13-38(46-32)36(39-14-10-33(47-39)20-29-6-2-25(43-29)17-24(1)42-28)23-37-40-15-11-34(48-40)21-30-7-3-26(44-30)18-27-4-8-31(45-27)22-35-12-16-41(37)49-35/h1-22,42-45H,23H2. The minimum absolute atomic E-state index is 0.530. The number of aromatic amines is 4. The fourth-order valence-corrected chi connectivity index (χ4v) is 6.67. The van der Waals surface area contributed by atoms with Crippen LogP contribution in [0.25, 0.3) is 92.7 Å². The second-order valence-corrected chi connectivity index (χ2v) is 12.5. The maximum atomic E-state index is 5.11. The monoisotopic (exact) mass is 632 g/mol. The van der Waals surface area contributed by atoms with Crippen LogP contribution in [-0.4, -0.2) is 39.9 Å². The number of hydrogen-bond donors (Lipinski definition) is 4. The Bertz CT molecular complexity index is 2440. The molecule has 4 N–H and O–H groups in total. The zero-order valence-corrected chi connectivity index (χ0v) is 26.2. The van der Waals surface area contributed by atoms with E-state index in [1.54, 1.807) is 0 Å². The molecule has 6 aromatic heterocycles. The normalized spacial score (nSPS) is 13.1. The minimum Gasteiger partial charge on any atom is -0.355 e. The minimum atomic E-state index is 0.530. The predicted molar refractivity (Wildman–Crippen MR) is 201 cm³/mol. The van der Waals surface area contributed by atoms with Gasteiger partial charge in [-0.05, 0) is 134 Å². The Morgan fingerprint density at radius 1 is 0.306 bits per heavy atom. The summed E-state index contributed by atoms with van der Waals surface area (Å²) in [5.41, 5.74) is 17.0. The molecule has 0 amide bonds. The van der Waals surface area contributed by atoms with Gasteiger partial charge in [-0.3, -0.25) is 0 Å². The molecule has 10 heterocycles. The average molecular weight is 633 g/mol. The summed E-state index contributed by atoms with van der Waals surface area (Å²) in [6.07, 6.45) is 17.1. The molecule has 49 heavy (non-hydrogen) atoms. The summed E-state index contributed by atoms with van der Waals surface area (Å²) in [5.74, 6) is 0. The largest absolute Gasteiger partial charge is 0.355 e. The summed E-state index contributed by atoms with van der Waals surface area (Å²) in [6, 6.07) is 29.1. The summed E-state index contributed by atoms with van der Waals surface area (Å²) in [4.78, 5) is 34.4. The molecule has 16 bridgehead atoms. The van der Waals surface area contributed by atoms with E-state index in [0.29, 0.717) is 6.42 Å². The van der Waals surface area contributed by atoms with E-state index in [1.165, 1.54) is 0 Å². The van der Waals surface area contributed by atoms with Gasteiger partial charge in [0.25, 0.3) is 0 Å². The van der Waals surface area contributed by atoms with Crippen molar-refractivity contribution in [3.05, 3.63) is 142 Å². The Labute approximate surface area is 280 Å². The molecule has 0 saturated carbocycles. The van der Waals surface area contributed by atoms with Crippen LogP contribution in [0.5, 0.6) is 0 Å². The fourth-order valence-electron chi connectivity index (χ4n) is 6.67. The van der Waals surface area contributed by atoms with Gasteiger partial charge in [-0.15, -0.1) is 0 Å². The molecule has 0 aromatic carbocycles. The molecule has 0 atom stereocenters. The van der Waals surface area contributed by atoms with Crippen molar-refractivity contribution in [1.29, 1.82) is 0 Å². The predicted octanol–water partition coefficient (Wildman–Crippen LogP) is 9.22. The van der Waals surface area contributed by atoms with Crippen LogP contribution in [0.15, 0.2) is 84.9 Å². The molecule has 0 saturated heterocycles. The molecule has 0 aliphatic carbocycles. The lowest BCUT2D eigenvalue weighted by atomic mass is 9.99. The van der Waals surface area contributed by atoms with Crippen LogP contribution in [0.3, 0.4) is 0 Å². The Hall–Kier alpha value is -6.80. The van der Waals surface area contributed by atoms with Crippen LogP contribution in [0.1, 0.15) is 56.7 Å². The molecule has 0 fully saturated rings. The Morgan fingerprint density at radius 3 is 0.816 bits per heavy atom. The van der Waals surface area contributed by atoms with Gasteiger partial charge in [-0.1, -0.05) is 0 Å². The lowest BCUT2D eigenvalue weighted by Crippen LogP contribution is -2.01. The average Bonchev–Trinajstić information content (AvgIpc) is 3.92. The van der Waals surface area contributed by atoms with E-state index in [4.69, 9.17) is 19.9 Å². The Balaban J connectivity index is 1.23. The van der Waals surface area contributed by atoms with E-state index < -0.39 is 0 Å². The highest BCUT2D eigenvalue weighted by molar-refractivity contribution is 5.83. The highest BCUT2D eigenvalue weighted by Gasteiger charge is 2.18. The van der Waals surface area contributed by atoms with Gasteiger partial charge in [0.15, 0.2) is 0 Å². The molecule has 0 unspecified atom stereocenters. The van der Waals surface area contributed by atoms with E-state index in [-0.39, 0.29) is 0 Å². The van der Waals surface area contributed by atoms with E-state index in [1.807, 2.05) is 0 Å². The van der Waals surface area contributed by atoms with E-state index in [0.717, 1.165) is 101 Å². The van der Waals surface area contributed by atoms with Crippen molar-refractivity contribution in [3.8, 4) is 0 Å². The zero-order chi connectivity index (χ0) is 32.3. The van der Waals surface area contributed by atoms with Crippen LogP contribution in [-0.2, 0) is 6.42 Å². The van der Waals surface area contributed by atoms with Crippen LogP contribution >= 0.6 is 0 Å². The van der Waals surface area contributed by atoms with Gasteiger partial charge in [-0.25, -0.2) is 19.9 Å². The van der Waals surface area contributed by atoms with Crippen LogP contribution in [0.4, 0.5) is 0 Å². The summed E-state index contributed by atoms with van der Waals surface area (Å²) >= 11 is 0. The fraction of sp³-hybridized carbons (Fsp3) is 0.0244. The SMILES string of the molecule is C1=Cc2nc1cc1ccc(cc3ccc(cc4nc(c2Cc2c5nc(cc6ccc(cc7ccc(cc8nc2C=C8)[nH]7)[nH]6)C=C5)C=C4)[nH]3)[nH]1. The van der Waals surface area contributed by atoms with Crippen molar-refractivity contribution in [3.63, 3.8) is 0 Å². The van der Waals surface area contributed by atoms with Gasteiger partial charge in [0.2, 0.25) is 0 Å². The molecule has 4 aliphatic rings. The Morgan fingerprint density at radius 2 is 0.551 bits per heavy atom. The lowest BCUT2D eigenvalue weighted by molar-refractivity contribution is 1.07. The molecular formula is C41H28N8. The highest BCUT2D eigenvalue weighted by Crippen LogP contribution is 2.29. The van der Waals surface area contributed by atoms with Crippen molar-refractivity contribution in [2.75, 3.05) is 0 Å². The third-order valence-electron chi connectivity index (χ3n) is 9.00. The van der Waals surface area contributed by atoms with Crippen LogP contribution in [0, 0.1) is 0 Å².